The third kappa shape index (κ3) is 1.80. The number of aliphatic hydroxyl groups excluding tert-OH is 1. The SMILES string of the molecule is Cc1ccoc1C(O)c1cc(Cl)cc2c1OCC2. The number of hydrogen-bond donors (Lipinski definition) is 1. The lowest BCUT2D eigenvalue weighted by molar-refractivity contribution is 0.183. The lowest BCUT2D eigenvalue weighted by atomic mass is 10.0. The minimum absolute atomic E-state index is 0.537. The van der Waals surface area contributed by atoms with Crippen LogP contribution < -0.4 is 4.74 Å². The van der Waals surface area contributed by atoms with E-state index in [0.717, 1.165) is 23.3 Å². The van der Waals surface area contributed by atoms with Crippen molar-refractivity contribution in [3.63, 3.8) is 0 Å². The molecule has 2 heterocycles. The van der Waals surface area contributed by atoms with E-state index in [1.807, 2.05) is 19.1 Å². The van der Waals surface area contributed by atoms with Crippen molar-refractivity contribution in [2.24, 2.45) is 0 Å². The highest BCUT2D eigenvalue weighted by Gasteiger charge is 2.25. The summed E-state index contributed by atoms with van der Waals surface area (Å²) in [6.45, 7) is 2.53. The second-order valence-electron chi connectivity index (χ2n) is 4.45. The Morgan fingerprint density at radius 2 is 2.22 bits per heavy atom. The van der Waals surface area contributed by atoms with E-state index in [0.29, 0.717) is 23.0 Å². The molecule has 1 aromatic heterocycles. The summed E-state index contributed by atoms with van der Waals surface area (Å²) in [7, 11) is 0. The Kier molecular flexibility index (Phi) is 2.80. The number of benzene rings is 1. The van der Waals surface area contributed by atoms with E-state index < -0.39 is 6.10 Å². The smallest absolute Gasteiger partial charge is 0.141 e. The third-order valence-electron chi connectivity index (χ3n) is 3.22. The van der Waals surface area contributed by atoms with Crippen molar-refractivity contribution in [3.8, 4) is 5.75 Å². The van der Waals surface area contributed by atoms with Gasteiger partial charge in [-0.15, -0.1) is 0 Å². The van der Waals surface area contributed by atoms with Crippen molar-refractivity contribution in [3.05, 3.63) is 51.9 Å². The van der Waals surface area contributed by atoms with E-state index in [1.54, 1.807) is 12.3 Å². The lowest BCUT2D eigenvalue weighted by Gasteiger charge is -2.14. The number of furan rings is 1. The molecule has 0 fully saturated rings. The maximum absolute atomic E-state index is 10.4. The molecule has 1 atom stereocenters. The van der Waals surface area contributed by atoms with Gasteiger partial charge in [-0.05, 0) is 36.2 Å². The Hall–Kier alpha value is -1.45. The molecule has 0 bridgehead atoms. The predicted octanol–water partition coefficient (Wildman–Crippen LogP) is 3.26. The van der Waals surface area contributed by atoms with Gasteiger partial charge in [0.05, 0.1) is 12.9 Å². The predicted molar refractivity (Wildman–Crippen MR) is 68.2 cm³/mol. The molecule has 0 radical (unpaired) electrons. The van der Waals surface area contributed by atoms with Crippen LogP contribution in [0.5, 0.6) is 5.75 Å². The zero-order chi connectivity index (χ0) is 12.7. The van der Waals surface area contributed by atoms with Gasteiger partial charge >= 0.3 is 0 Å². The summed E-state index contributed by atoms with van der Waals surface area (Å²) in [5, 5.41) is 11.0. The molecule has 4 heteroatoms. The number of ether oxygens (including phenoxy) is 1. The highest BCUT2D eigenvalue weighted by atomic mass is 35.5. The molecule has 3 nitrogen and oxygen atoms in total. The first-order chi connectivity index (χ1) is 8.66. The number of aliphatic hydroxyl groups is 1. The summed E-state index contributed by atoms with van der Waals surface area (Å²) in [6, 6.07) is 5.44. The topological polar surface area (TPSA) is 42.6 Å². The van der Waals surface area contributed by atoms with E-state index in [1.165, 1.54) is 0 Å². The van der Waals surface area contributed by atoms with E-state index in [2.05, 4.69) is 0 Å². The van der Waals surface area contributed by atoms with E-state index >= 15 is 0 Å². The van der Waals surface area contributed by atoms with E-state index in [9.17, 15) is 5.11 Å². The summed E-state index contributed by atoms with van der Waals surface area (Å²) in [5.41, 5.74) is 2.63. The first-order valence-corrected chi connectivity index (χ1v) is 6.22. The first kappa shape index (κ1) is 11.6. The molecule has 1 unspecified atom stereocenters. The second kappa shape index (κ2) is 4.34. The number of fused-ring (bicyclic) bond motifs is 1. The largest absolute Gasteiger partial charge is 0.493 e. The molecule has 0 saturated heterocycles. The van der Waals surface area contributed by atoms with Gasteiger partial charge in [-0.2, -0.15) is 0 Å². The van der Waals surface area contributed by atoms with Crippen LogP contribution in [0.2, 0.25) is 5.02 Å². The molecular formula is C14H13ClO3. The Labute approximate surface area is 110 Å². The van der Waals surface area contributed by atoms with Gasteiger partial charge in [-0.1, -0.05) is 11.6 Å². The van der Waals surface area contributed by atoms with Gasteiger partial charge in [0.1, 0.15) is 17.6 Å². The second-order valence-corrected chi connectivity index (χ2v) is 4.89. The zero-order valence-electron chi connectivity index (χ0n) is 9.94. The van der Waals surface area contributed by atoms with Crippen LogP contribution in [-0.4, -0.2) is 11.7 Å². The minimum Gasteiger partial charge on any atom is -0.493 e. The van der Waals surface area contributed by atoms with Crippen molar-refractivity contribution in [2.75, 3.05) is 6.61 Å². The van der Waals surface area contributed by atoms with Gasteiger partial charge in [0, 0.05) is 17.0 Å². The Bertz CT molecular complexity index is 589. The average Bonchev–Trinajstić information content (AvgIpc) is 2.95. The molecule has 94 valence electrons. The summed E-state index contributed by atoms with van der Waals surface area (Å²) in [4.78, 5) is 0. The van der Waals surface area contributed by atoms with Crippen LogP contribution in [-0.2, 0) is 6.42 Å². The summed E-state index contributed by atoms with van der Waals surface area (Å²) < 4.78 is 10.9. The fraction of sp³-hybridized carbons (Fsp3) is 0.286. The van der Waals surface area contributed by atoms with Crippen molar-refractivity contribution in [2.45, 2.75) is 19.4 Å². The molecular weight excluding hydrogens is 252 g/mol. The Morgan fingerprint density at radius 3 is 2.94 bits per heavy atom. The maximum Gasteiger partial charge on any atom is 0.141 e. The van der Waals surface area contributed by atoms with E-state index in [4.69, 9.17) is 20.8 Å². The van der Waals surface area contributed by atoms with Gasteiger partial charge in [-0.25, -0.2) is 0 Å². The van der Waals surface area contributed by atoms with Crippen molar-refractivity contribution in [1.82, 2.24) is 0 Å². The van der Waals surface area contributed by atoms with E-state index in [-0.39, 0.29) is 0 Å². The summed E-state index contributed by atoms with van der Waals surface area (Å²) >= 11 is 6.08. The van der Waals surface area contributed by atoms with Crippen molar-refractivity contribution in [1.29, 1.82) is 0 Å². The quantitative estimate of drug-likeness (QED) is 0.905. The molecule has 1 aliphatic rings. The van der Waals surface area contributed by atoms with Gasteiger partial charge in [0.15, 0.2) is 0 Å². The summed E-state index contributed by atoms with van der Waals surface area (Å²) in [5.74, 6) is 1.28. The summed E-state index contributed by atoms with van der Waals surface area (Å²) in [6.07, 6.45) is 1.55. The highest BCUT2D eigenvalue weighted by Crippen LogP contribution is 2.39. The molecule has 0 spiro atoms. The molecule has 1 aliphatic heterocycles. The molecule has 18 heavy (non-hydrogen) atoms. The molecule has 1 N–H and O–H groups in total. The number of rotatable bonds is 2. The molecule has 0 amide bonds. The first-order valence-electron chi connectivity index (χ1n) is 5.84. The standard InChI is InChI=1S/C14H13ClO3/c1-8-2-4-17-13(8)12(16)11-7-10(15)6-9-3-5-18-14(9)11/h2,4,6-7,12,16H,3,5H2,1H3. The van der Waals surface area contributed by atoms with Crippen LogP contribution in [0.25, 0.3) is 0 Å². The lowest BCUT2D eigenvalue weighted by Crippen LogP contribution is -2.02. The maximum atomic E-state index is 10.4. The van der Waals surface area contributed by atoms with Crippen LogP contribution in [0.15, 0.2) is 28.9 Å². The third-order valence-corrected chi connectivity index (χ3v) is 3.44. The Balaban J connectivity index is 2.10. The monoisotopic (exact) mass is 264 g/mol. The fourth-order valence-corrected chi connectivity index (χ4v) is 2.56. The number of hydrogen-bond acceptors (Lipinski definition) is 3. The highest BCUT2D eigenvalue weighted by molar-refractivity contribution is 6.30. The van der Waals surface area contributed by atoms with Crippen LogP contribution in [0.3, 0.4) is 0 Å². The van der Waals surface area contributed by atoms with Gasteiger partial charge in [0.25, 0.3) is 0 Å². The molecule has 1 aromatic carbocycles. The van der Waals surface area contributed by atoms with Crippen molar-refractivity contribution < 1.29 is 14.3 Å². The number of aryl methyl sites for hydroxylation is 1. The molecule has 2 aromatic rings. The number of halogens is 1. The van der Waals surface area contributed by atoms with Crippen LogP contribution in [0.4, 0.5) is 0 Å². The van der Waals surface area contributed by atoms with Crippen molar-refractivity contribution >= 4 is 11.6 Å². The Morgan fingerprint density at radius 1 is 1.39 bits per heavy atom. The van der Waals surface area contributed by atoms with Gasteiger partial charge < -0.3 is 14.3 Å². The minimum atomic E-state index is -0.842. The molecule has 0 saturated carbocycles. The fourth-order valence-electron chi connectivity index (χ4n) is 2.31. The zero-order valence-corrected chi connectivity index (χ0v) is 10.7. The van der Waals surface area contributed by atoms with Gasteiger partial charge in [0.2, 0.25) is 0 Å². The van der Waals surface area contributed by atoms with Crippen LogP contribution >= 0.6 is 11.6 Å². The van der Waals surface area contributed by atoms with Gasteiger partial charge in [-0.3, -0.25) is 0 Å². The molecule has 0 aliphatic carbocycles. The van der Waals surface area contributed by atoms with Crippen LogP contribution in [0, 0.1) is 6.92 Å². The molecule has 3 rings (SSSR count). The van der Waals surface area contributed by atoms with Crippen LogP contribution in [0.1, 0.15) is 28.6 Å². The normalized spacial score (nSPS) is 15.3. The average molecular weight is 265 g/mol.